The lowest BCUT2D eigenvalue weighted by Gasteiger charge is -2.39. The summed E-state index contributed by atoms with van der Waals surface area (Å²) in [4.78, 5) is 42.4. The van der Waals surface area contributed by atoms with Crippen molar-refractivity contribution >= 4 is 23.7 Å². The number of amides is 4. The second-order valence-electron chi connectivity index (χ2n) is 10.1. The average molecular weight is 444 g/mol. The van der Waals surface area contributed by atoms with Crippen molar-refractivity contribution < 1.29 is 23.9 Å². The molecule has 0 unspecified atom stereocenters. The number of urea groups is 1. The van der Waals surface area contributed by atoms with E-state index in [4.69, 9.17) is 9.47 Å². The van der Waals surface area contributed by atoms with Crippen LogP contribution in [0.4, 0.5) is 15.3 Å². The third-order valence-corrected chi connectivity index (χ3v) is 6.48. The average Bonchev–Trinajstić information content (AvgIpc) is 2.88. The summed E-state index contributed by atoms with van der Waals surface area (Å²) in [5, 5.41) is 0. The van der Waals surface area contributed by atoms with E-state index in [9.17, 15) is 14.4 Å². The first-order chi connectivity index (χ1) is 15.1. The fourth-order valence-corrected chi connectivity index (χ4v) is 4.82. The molecular weight excluding hydrogens is 410 g/mol. The predicted octanol–water partition coefficient (Wildman–Crippen LogP) is 4.03. The van der Waals surface area contributed by atoms with Crippen molar-refractivity contribution in [2.24, 2.45) is 5.92 Å². The second kappa shape index (κ2) is 8.30. The van der Waals surface area contributed by atoms with Gasteiger partial charge in [-0.05, 0) is 57.9 Å². The molecule has 0 bridgehead atoms. The zero-order valence-corrected chi connectivity index (χ0v) is 19.4. The van der Waals surface area contributed by atoms with Crippen molar-refractivity contribution in [2.45, 2.75) is 64.0 Å². The lowest BCUT2D eigenvalue weighted by atomic mass is 9.80. The number of imide groups is 1. The predicted molar refractivity (Wildman–Crippen MR) is 120 cm³/mol. The minimum absolute atomic E-state index is 0.0953. The van der Waals surface area contributed by atoms with Gasteiger partial charge in [0.25, 0.3) is 5.91 Å². The third-order valence-electron chi connectivity index (χ3n) is 6.48. The van der Waals surface area contributed by atoms with Crippen molar-refractivity contribution in [2.75, 3.05) is 31.6 Å². The van der Waals surface area contributed by atoms with E-state index in [0.29, 0.717) is 38.3 Å². The number of hydrogen-bond donors (Lipinski definition) is 0. The van der Waals surface area contributed by atoms with E-state index in [1.54, 1.807) is 16.8 Å². The number of nitrogens with zero attached hydrogens (tertiary/aromatic N) is 3. The molecule has 2 saturated heterocycles. The highest BCUT2D eigenvalue weighted by atomic mass is 16.6. The quantitative estimate of drug-likeness (QED) is 0.657. The lowest BCUT2D eigenvalue weighted by Crippen LogP contribution is -2.53. The highest BCUT2D eigenvalue weighted by Gasteiger charge is 2.56. The monoisotopic (exact) mass is 443 g/mol. The van der Waals surface area contributed by atoms with Gasteiger partial charge in [-0.25, -0.2) is 9.59 Å². The molecule has 0 atom stereocenters. The lowest BCUT2D eigenvalue weighted by molar-refractivity contribution is -0.130. The van der Waals surface area contributed by atoms with Gasteiger partial charge in [0.15, 0.2) is 0 Å². The molecule has 1 spiro atoms. The van der Waals surface area contributed by atoms with Crippen molar-refractivity contribution in [3.63, 3.8) is 0 Å². The number of likely N-dealkylation sites (N-methyl/N-ethyl adjacent to an activating group) is 1. The van der Waals surface area contributed by atoms with E-state index in [1.165, 1.54) is 4.90 Å². The SMILES string of the molecule is CN1C(=O)N(c2ccc(OCC3CN(C(=O)OC(C)(C)C)C3)cc2)C2(CCCCC2)C1=O. The Morgan fingerprint density at radius 3 is 2.28 bits per heavy atom. The number of benzene rings is 1. The Kier molecular flexibility index (Phi) is 5.81. The fraction of sp³-hybridized carbons (Fsp3) is 0.625. The Bertz CT molecular complexity index is 880. The van der Waals surface area contributed by atoms with Crippen LogP contribution in [-0.4, -0.2) is 65.7 Å². The van der Waals surface area contributed by atoms with Crippen LogP contribution in [-0.2, 0) is 9.53 Å². The molecule has 1 aromatic carbocycles. The second-order valence-corrected chi connectivity index (χ2v) is 10.1. The minimum Gasteiger partial charge on any atom is -0.493 e. The van der Waals surface area contributed by atoms with Crippen LogP contribution in [0.2, 0.25) is 0 Å². The number of carbonyl (C=O) groups is 3. The zero-order valence-electron chi connectivity index (χ0n) is 19.4. The van der Waals surface area contributed by atoms with Crippen molar-refractivity contribution in [3.8, 4) is 5.75 Å². The summed E-state index contributed by atoms with van der Waals surface area (Å²) in [6.07, 6.45) is 4.12. The molecule has 0 radical (unpaired) electrons. The molecule has 1 saturated carbocycles. The number of hydrogen-bond acceptors (Lipinski definition) is 5. The van der Waals surface area contributed by atoms with E-state index < -0.39 is 11.1 Å². The standard InChI is InChI=1S/C24H33N3O5/c1-23(2,3)32-22(30)26-14-17(15-26)16-31-19-10-8-18(9-11-19)27-21(29)25(4)20(28)24(27)12-6-5-7-13-24/h8-11,17H,5-7,12-16H2,1-4H3. The van der Waals surface area contributed by atoms with Crippen LogP contribution in [0.25, 0.3) is 0 Å². The van der Waals surface area contributed by atoms with Crippen molar-refractivity contribution in [3.05, 3.63) is 24.3 Å². The van der Waals surface area contributed by atoms with Gasteiger partial charge >= 0.3 is 12.1 Å². The van der Waals surface area contributed by atoms with Crippen LogP contribution in [0.15, 0.2) is 24.3 Å². The van der Waals surface area contributed by atoms with E-state index in [0.717, 1.165) is 24.9 Å². The van der Waals surface area contributed by atoms with Gasteiger partial charge in [0, 0.05) is 31.7 Å². The molecule has 174 valence electrons. The first-order valence-corrected chi connectivity index (χ1v) is 11.4. The number of likely N-dealkylation sites (tertiary alicyclic amines) is 1. The maximum atomic E-state index is 12.9. The summed E-state index contributed by atoms with van der Waals surface area (Å²) >= 11 is 0. The Morgan fingerprint density at radius 1 is 1.06 bits per heavy atom. The molecule has 1 aromatic rings. The summed E-state index contributed by atoms with van der Waals surface area (Å²) < 4.78 is 11.3. The van der Waals surface area contributed by atoms with Crippen LogP contribution >= 0.6 is 0 Å². The van der Waals surface area contributed by atoms with Gasteiger partial charge in [0.1, 0.15) is 16.9 Å². The molecule has 4 rings (SSSR count). The topological polar surface area (TPSA) is 79.4 Å². The van der Waals surface area contributed by atoms with E-state index >= 15 is 0 Å². The first kappa shape index (κ1) is 22.4. The first-order valence-electron chi connectivity index (χ1n) is 11.4. The molecule has 3 aliphatic rings. The van der Waals surface area contributed by atoms with Gasteiger partial charge in [-0.1, -0.05) is 19.3 Å². The molecule has 2 heterocycles. The third kappa shape index (κ3) is 4.14. The largest absolute Gasteiger partial charge is 0.493 e. The van der Waals surface area contributed by atoms with Crippen LogP contribution in [0.1, 0.15) is 52.9 Å². The zero-order chi connectivity index (χ0) is 23.1. The molecule has 8 nitrogen and oxygen atoms in total. The molecule has 0 N–H and O–H groups in total. The molecule has 8 heteroatoms. The van der Waals surface area contributed by atoms with E-state index in [1.807, 2.05) is 45.0 Å². The maximum absolute atomic E-state index is 12.9. The van der Waals surface area contributed by atoms with Crippen molar-refractivity contribution in [1.82, 2.24) is 9.80 Å². The highest BCUT2D eigenvalue weighted by molar-refractivity contribution is 6.16. The molecule has 0 aromatic heterocycles. The molecule has 32 heavy (non-hydrogen) atoms. The summed E-state index contributed by atoms with van der Waals surface area (Å²) in [6.45, 7) is 7.31. The Morgan fingerprint density at radius 2 is 1.69 bits per heavy atom. The summed E-state index contributed by atoms with van der Waals surface area (Å²) in [7, 11) is 1.57. The normalized spacial score (nSPS) is 21.2. The highest BCUT2D eigenvalue weighted by Crippen LogP contribution is 2.43. The number of carbonyl (C=O) groups excluding carboxylic acids is 3. The van der Waals surface area contributed by atoms with E-state index in [-0.39, 0.29) is 23.9 Å². The Hall–Kier alpha value is -2.77. The van der Waals surface area contributed by atoms with Crippen molar-refractivity contribution in [1.29, 1.82) is 0 Å². The number of ether oxygens (including phenoxy) is 2. The summed E-state index contributed by atoms with van der Waals surface area (Å²) in [5.41, 5.74) is -0.516. The summed E-state index contributed by atoms with van der Waals surface area (Å²) in [5.74, 6) is 0.870. The van der Waals surface area contributed by atoms with Gasteiger partial charge in [-0.3, -0.25) is 14.6 Å². The fourth-order valence-electron chi connectivity index (χ4n) is 4.82. The van der Waals surface area contributed by atoms with Gasteiger partial charge in [-0.15, -0.1) is 0 Å². The Labute approximate surface area is 189 Å². The number of rotatable bonds is 4. The minimum atomic E-state index is -0.747. The van der Waals surface area contributed by atoms with Gasteiger partial charge in [-0.2, -0.15) is 0 Å². The maximum Gasteiger partial charge on any atom is 0.410 e. The Balaban J connectivity index is 1.34. The smallest absolute Gasteiger partial charge is 0.410 e. The molecule has 4 amide bonds. The molecule has 3 fully saturated rings. The molecule has 2 aliphatic heterocycles. The summed E-state index contributed by atoms with van der Waals surface area (Å²) in [6, 6.07) is 7.12. The van der Waals surface area contributed by atoms with E-state index in [2.05, 4.69) is 0 Å². The molecular formula is C24H33N3O5. The van der Waals surface area contributed by atoms with Crippen LogP contribution in [0, 0.1) is 5.92 Å². The van der Waals surface area contributed by atoms with Crippen LogP contribution in [0.5, 0.6) is 5.75 Å². The number of anilines is 1. The van der Waals surface area contributed by atoms with Gasteiger partial charge in [0.2, 0.25) is 0 Å². The van der Waals surface area contributed by atoms with Crippen LogP contribution < -0.4 is 9.64 Å². The van der Waals surface area contributed by atoms with Gasteiger partial charge in [0.05, 0.1) is 6.61 Å². The molecule has 1 aliphatic carbocycles. The van der Waals surface area contributed by atoms with Crippen LogP contribution in [0.3, 0.4) is 0 Å². The van der Waals surface area contributed by atoms with Gasteiger partial charge < -0.3 is 14.4 Å².